The summed E-state index contributed by atoms with van der Waals surface area (Å²) in [6, 6.07) is 22.5. The highest BCUT2D eigenvalue weighted by Gasteiger charge is 2.21. The number of benzene rings is 2. The van der Waals surface area contributed by atoms with Gasteiger partial charge in [0.1, 0.15) is 0 Å². The number of rotatable bonds is 7. The SMILES string of the molecule is O=C(NCc1ccc(Cn2cccn2)cc1)c1cc(-c2ccccc2)c(N2CCOCC2)s1. The molecule has 2 aromatic carbocycles. The van der Waals surface area contributed by atoms with Crippen LogP contribution in [0, 0.1) is 0 Å². The molecule has 0 atom stereocenters. The quantitative estimate of drug-likeness (QED) is 0.445. The molecule has 33 heavy (non-hydrogen) atoms. The van der Waals surface area contributed by atoms with E-state index < -0.39 is 0 Å². The van der Waals surface area contributed by atoms with Crippen molar-refractivity contribution in [1.82, 2.24) is 15.1 Å². The van der Waals surface area contributed by atoms with E-state index in [0.717, 1.165) is 46.2 Å². The number of morpholine rings is 1. The highest BCUT2D eigenvalue weighted by atomic mass is 32.1. The number of anilines is 1. The number of hydrogen-bond acceptors (Lipinski definition) is 5. The van der Waals surface area contributed by atoms with E-state index in [-0.39, 0.29) is 5.91 Å². The smallest absolute Gasteiger partial charge is 0.261 e. The minimum absolute atomic E-state index is 0.0442. The number of amides is 1. The van der Waals surface area contributed by atoms with Gasteiger partial charge in [-0.3, -0.25) is 9.48 Å². The van der Waals surface area contributed by atoms with Crippen LogP contribution in [-0.4, -0.2) is 42.0 Å². The summed E-state index contributed by atoms with van der Waals surface area (Å²) in [5.41, 5.74) is 4.48. The first kappa shape index (κ1) is 21.4. The maximum absolute atomic E-state index is 13.0. The molecule has 0 radical (unpaired) electrons. The molecule has 168 valence electrons. The largest absolute Gasteiger partial charge is 0.378 e. The predicted molar refractivity (Wildman–Crippen MR) is 132 cm³/mol. The van der Waals surface area contributed by atoms with E-state index in [4.69, 9.17) is 4.74 Å². The van der Waals surface area contributed by atoms with Gasteiger partial charge in [-0.2, -0.15) is 5.10 Å². The Bertz CT molecular complexity index is 1180. The number of ether oxygens (including phenoxy) is 1. The van der Waals surface area contributed by atoms with E-state index in [0.29, 0.717) is 19.8 Å². The lowest BCUT2D eigenvalue weighted by Crippen LogP contribution is -2.35. The highest BCUT2D eigenvalue weighted by Crippen LogP contribution is 2.39. The van der Waals surface area contributed by atoms with Crippen molar-refractivity contribution in [2.75, 3.05) is 31.2 Å². The van der Waals surface area contributed by atoms with Gasteiger partial charge in [0.25, 0.3) is 5.91 Å². The molecule has 0 saturated carbocycles. The lowest BCUT2D eigenvalue weighted by molar-refractivity contribution is 0.0955. The maximum Gasteiger partial charge on any atom is 0.261 e. The second kappa shape index (κ2) is 10.0. The third kappa shape index (κ3) is 5.16. The molecule has 1 N–H and O–H groups in total. The van der Waals surface area contributed by atoms with Gasteiger partial charge in [0, 0.05) is 37.6 Å². The van der Waals surface area contributed by atoms with Gasteiger partial charge in [-0.05, 0) is 28.8 Å². The number of carbonyl (C=O) groups excluding carboxylic acids is 1. The Morgan fingerprint density at radius 1 is 1.00 bits per heavy atom. The van der Waals surface area contributed by atoms with Crippen LogP contribution in [0.2, 0.25) is 0 Å². The van der Waals surface area contributed by atoms with Gasteiger partial charge in [-0.1, -0.05) is 54.6 Å². The van der Waals surface area contributed by atoms with Crippen LogP contribution in [0.25, 0.3) is 11.1 Å². The molecule has 6 nitrogen and oxygen atoms in total. The molecule has 1 saturated heterocycles. The molecule has 0 spiro atoms. The molecule has 1 aliphatic rings. The summed E-state index contributed by atoms with van der Waals surface area (Å²) in [7, 11) is 0. The van der Waals surface area contributed by atoms with Gasteiger partial charge in [0.05, 0.1) is 29.6 Å². The van der Waals surface area contributed by atoms with Crippen LogP contribution in [0.3, 0.4) is 0 Å². The molecule has 1 fully saturated rings. The van der Waals surface area contributed by atoms with Crippen molar-refractivity contribution in [2.24, 2.45) is 0 Å². The topological polar surface area (TPSA) is 59.4 Å². The molecule has 0 unspecified atom stereocenters. The van der Waals surface area contributed by atoms with Crippen LogP contribution in [-0.2, 0) is 17.8 Å². The molecular weight excluding hydrogens is 432 g/mol. The molecule has 3 heterocycles. The Balaban J connectivity index is 1.28. The lowest BCUT2D eigenvalue weighted by atomic mass is 10.1. The Hall–Kier alpha value is -3.42. The number of nitrogens with zero attached hydrogens (tertiary/aromatic N) is 3. The molecule has 2 aromatic heterocycles. The van der Waals surface area contributed by atoms with Crippen molar-refractivity contribution >= 4 is 22.2 Å². The second-order valence-corrected chi connectivity index (χ2v) is 9.03. The maximum atomic E-state index is 13.0. The van der Waals surface area contributed by atoms with E-state index in [1.807, 2.05) is 41.2 Å². The summed E-state index contributed by atoms with van der Waals surface area (Å²) in [5.74, 6) is -0.0442. The number of aromatic nitrogens is 2. The van der Waals surface area contributed by atoms with Crippen molar-refractivity contribution < 1.29 is 9.53 Å². The molecular formula is C26H26N4O2S. The summed E-state index contributed by atoms with van der Waals surface area (Å²) in [6.07, 6.45) is 3.73. The average Bonchev–Trinajstić information content (AvgIpc) is 3.55. The summed E-state index contributed by atoms with van der Waals surface area (Å²) >= 11 is 1.56. The minimum Gasteiger partial charge on any atom is -0.378 e. The first-order valence-corrected chi connectivity index (χ1v) is 11.9. The van der Waals surface area contributed by atoms with E-state index in [2.05, 4.69) is 51.7 Å². The zero-order chi connectivity index (χ0) is 22.5. The fourth-order valence-electron chi connectivity index (χ4n) is 3.93. The molecule has 1 amide bonds. The summed E-state index contributed by atoms with van der Waals surface area (Å²) in [4.78, 5) is 16.1. The minimum atomic E-state index is -0.0442. The summed E-state index contributed by atoms with van der Waals surface area (Å²) in [6.45, 7) is 4.33. The van der Waals surface area contributed by atoms with Crippen LogP contribution in [0.5, 0.6) is 0 Å². The first-order chi connectivity index (χ1) is 16.3. The fraction of sp³-hybridized carbons (Fsp3) is 0.231. The van der Waals surface area contributed by atoms with Crippen LogP contribution in [0.1, 0.15) is 20.8 Å². The van der Waals surface area contributed by atoms with Gasteiger partial charge in [-0.15, -0.1) is 11.3 Å². The van der Waals surface area contributed by atoms with Crippen LogP contribution < -0.4 is 10.2 Å². The van der Waals surface area contributed by atoms with Crippen molar-refractivity contribution in [3.63, 3.8) is 0 Å². The fourth-order valence-corrected chi connectivity index (χ4v) is 5.08. The van der Waals surface area contributed by atoms with Crippen molar-refractivity contribution in [3.05, 3.63) is 95.1 Å². The third-order valence-corrected chi connectivity index (χ3v) is 6.89. The Kier molecular flexibility index (Phi) is 6.51. The molecule has 0 aliphatic carbocycles. The van der Waals surface area contributed by atoms with E-state index >= 15 is 0 Å². The monoisotopic (exact) mass is 458 g/mol. The van der Waals surface area contributed by atoms with Crippen LogP contribution >= 0.6 is 11.3 Å². The molecule has 4 aromatic rings. The molecule has 1 aliphatic heterocycles. The summed E-state index contributed by atoms with van der Waals surface area (Å²) < 4.78 is 7.42. The van der Waals surface area contributed by atoms with Gasteiger partial charge in [0.15, 0.2) is 0 Å². The number of hydrogen-bond donors (Lipinski definition) is 1. The van der Waals surface area contributed by atoms with E-state index in [1.165, 1.54) is 5.56 Å². The summed E-state index contributed by atoms with van der Waals surface area (Å²) in [5, 5.41) is 8.46. The molecule has 0 bridgehead atoms. The zero-order valence-electron chi connectivity index (χ0n) is 18.3. The first-order valence-electron chi connectivity index (χ1n) is 11.1. The van der Waals surface area contributed by atoms with Crippen molar-refractivity contribution in [1.29, 1.82) is 0 Å². The number of nitrogens with one attached hydrogen (secondary N) is 1. The zero-order valence-corrected chi connectivity index (χ0v) is 19.1. The van der Waals surface area contributed by atoms with Crippen molar-refractivity contribution in [2.45, 2.75) is 13.1 Å². The van der Waals surface area contributed by atoms with Crippen LogP contribution in [0.4, 0.5) is 5.00 Å². The van der Waals surface area contributed by atoms with E-state index in [9.17, 15) is 4.79 Å². The molecule has 5 rings (SSSR count). The lowest BCUT2D eigenvalue weighted by Gasteiger charge is -2.28. The Morgan fingerprint density at radius 2 is 1.76 bits per heavy atom. The van der Waals surface area contributed by atoms with Gasteiger partial charge in [0.2, 0.25) is 0 Å². The third-order valence-electron chi connectivity index (χ3n) is 5.70. The normalized spacial score (nSPS) is 13.8. The Morgan fingerprint density at radius 3 is 2.48 bits per heavy atom. The van der Waals surface area contributed by atoms with Crippen molar-refractivity contribution in [3.8, 4) is 11.1 Å². The van der Waals surface area contributed by atoms with Gasteiger partial charge < -0.3 is 15.0 Å². The molecule has 7 heteroatoms. The predicted octanol–water partition coefficient (Wildman–Crippen LogP) is 4.43. The average molecular weight is 459 g/mol. The number of thiophene rings is 1. The van der Waals surface area contributed by atoms with E-state index in [1.54, 1.807) is 17.5 Å². The second-order valence-electron chi connectivity index (χ2n) is 8.00. The number of carbonyl (C=O) groups is 1. The van der Waals surface area contributed by atoms with Gasteiger partial charge in [-0.25, -0.2) is 0 Å². The highest BCUT2D eigenvalue weighted by molar-refractivity contribution is 7.18. The Labute approximate surface area is 197 Å². The van der Waals surface area contributed by atoms with Gasteiger partial charge >= 0.3 is 0 Å². The standard InChI is InChI=1S/C26H26N4O2S/c31-25(27-18-20-7-9-21(10-8-20)19-30-12-4-11-28-30)24-17-23(22-5-2-1-3-6-22)26(33-24)29-13-15-32-16-14-29/h1-12,17H,13-16,18-19H2,(H,27,31). The van der Waals surface area contributed by atoms with Crippen LogP contribution in [0.15, 0.2) is 79.1 Å².